The molecule has 1 aromatic rings. The highest BCUT2D eigenvalue weighted by Gasteiger charge is 2.14. The Morgan fingerprint density at radius 2 is 2.31 bits per heavy atom. The van der Waals surface area contributed by atoms with Crippen LogP contribution in [0.25, 0.3) is 0 Å². The molecular weight excluding hydrogens is 202 g/mol. The molecule has 1 aromatic heterocycles. The number of carbonyl (C=O) groups excluding carboxylic acids is 1. The van der Waals surface area contributed by atoms with Crippen molar-refractivity contribution in [2.45, 2.75) is 19.8 Å². The van der Waals surface area contributed by atoms with Crippen molar-refractivity contribution in [2.24, 2.45) is 0 Å². The van der Waals surface area contributed by atoms with E-state index >= 15 is 0 Å². The van der Waals surface area contributed by atoms with Crippen LogP contribution in [-0.2, 0) is 0 Å². The third-order valence-corrected chi connectivity index (χ3v) is 2.51. The maximum absolute atomic E-state index is 12.1. The Bertz CT molecular complexity index is 352. The molecule has 1 rings (SSSR count). The first-order chi connectivity index (χ1) is 7.70. The van der Waals surface area contributed by atoms with Gasteiger partial charge in [-0.2, -0.15) is 0 Å². The van der Waals surface area contributed by atoms with Crippen molar-refractivity contribution in [3.8, 4) is 0 Å². The molecule has 0 aliphatic rings. The van der Waals surface area contributed by atoms with E-state index in [0.717, 1.165) is 25.1 Å². The molecule has 0 fully saturated rings. The first kappa shape index (κ1) is 12.5. The summed E-state index contributed by atoms with van der Waals surface area (Å²) in [6, 6.07) is 1.75. The largest absolute Gasteiger partial charge is 0.386 e. The number of anilines is 1. The Morgan fingerprint density at radius 1 is 1.56 bits per heavy atom. The van der Waals surface area contributed by atoms with Gasteiger partial charge in [-0.15, -0.1) is 0 Å². The van der Waals surface area contributed by atoms with Crippen molar-refractivity contribution in [1.29, 1.82) is 0 Å². The van der Waals surface area contributed by atoms with Gasteiger partial charge in [0.1, 0.15) is 0 Å². The number of hydrogen-bond donors (Lipinski definition) is 1. The van der Waals surface area contributed by atoms with Crippen LogP contribution in [0.2, 0.25) is 0 Å². The Labute approximate surface area is 96.7 Å². The number of rotatable bonds is 5. The van der Waals surface area contributed by atoms with E-state index in [2.05, 4.69) is 17.2 Å². The molecule has 0 spiro atoms. The Morgan fingerprint density at radius 3 is 2.94 bits per heavy atom. The topological polar surface area (TPSA) is 45.2 Å². The Hall–Kier alpha value is -1.58. The van der Waals surface area contributed by atoms with Crippen molar-refractivity contribution in [1.82, 2.24) is 9.88 Å². The van der Waals surface area contributed by atoms with E-state index in [0.29, 0.717) is 5.56 Å². The molecule has 0 saturated carbocycles. The number of aromatic nitrogens is 1. The lowest BCUT2D eigenvalue weighted by atomic mass is 10.2. The maximum Gasteiger partial charge on any atom is 0.255 e. The minimum atomic E-state index is 0.0419. The summed E-state index contributed by atoms with van der Waals surface area (Å²) in [5.74, 6) is 0.0419. The number of hydrogen-bond acceptors (Lipinski definition) is 3. The lowest BCUT2D eigenvalue weighted by Crippen LogP contribution is -2.28. The molecule has 1 amide bonds. The van der Waals surface area contributed by atoms with Crippen molar-refractivity contribution in [3.05, 3.63) is 24.0 Å². The van der Waals surface area contributed by atoms with E-state index in [9.17, 15) is 4.79 Å². The summed E-state index contributed by atoms with van der Waals surface area (Å²) in [5, 5.41) is 2.98. The molecule has 1 N–H and O–H groups in total. The minimum Gasteiger partial charge on any atom is -0.386 e. The molecule has 0 aliphatic heterocycles. The molecule has 0 aliphatic carbocycles. The Kier molecular flexibility index (Phi) is 4.76. The van der Waals surface area contributed by atoms with E-state index in [1.165, 1.54) is 0 Å². The third kappa shape index (κ3) is 2.95. The van der Waals surface area contributed by atoms with Gasteiger partial charge in [-0.1, -0.05) is 13.3 Å². The van der Waals surface area contributed by atoms with Crippen LogP contribution in [0, 0.1) is 0 Å². The molecule has 4 heteroatoms. The highest BCUT2D eigenvalue weighted by molar-refractivity contribution is 5.99. The number of nitrogens with one attached hydrogen (secondary N) is 1. The first-order valence-corrected chi connectivity index (χ1v) is 5.58. The highest BCUT2D eigenvalue weighted by Crippen LogP contribution is 2.14. The summed E-state index contributed by atoms with van der Waals surface area (Å²) in [6.07, 6.45) is 5.43. The monoisotopic (exact) mass is 221 g/mol. The van der Waals surface area contributed by atoms with Crippen LogP contribution in [0.1, 0.15) is 30.1 Å². The first-order valence-electron chi connectivity index (χ1n) is 5.58. The molecule has 0 saturated heterocycles. The molecule has 0 radical (unpaired) electrons. The Balaban J connectivity index is 2.79. The standard InChI is InChI=1S/C12H19N3O/c1-4-5-8-15(3)12(16)10-6-7-14-9-11(10)13-2/h6-7,9,13H,4-5,8H2,1-3H3. The van der Waals surface area contributed by atoms with E-state index in [1.807, 2.05) is 7.05 Å². The van der Waals surface area contributed by atoms with E-state index in [4.69, 9.17) is 0 Å². The van der Waals surface area contributed by atoms with Gasteiger partial charge in [-0.25, -0.2) is 0 Å². The van der Waals surface area contributed by atoms with Gasteiger partial charge in [-0.3, -0.25) is 9.78 Å². The molecule has 16 heavy (non-hydrogen) atoms. The fourth-order valence-electron chi connectivity index (χ4n) is 1.48. The second kappa shape index (κ2) is 6.10. The number of pyridine rings is 1. The predicted molar refractivity (Wildman–Crippen MR) is 65.7 cm³/mol. The second-order valence-electron chi connectivity index (χ2n) is 3.75. The number of unbranched alkanes of at least 4 members (excludes halogenated alkanes) is 1. The van der Waals surface area contributed by atoms with E-state index in [1.54, 1.807) is 30.4 Å². The SMILES string of the molecule is CCCCN(C)C(=O)c1ccncc1NC. The highest BCUT2D eigenvalue weighted by atomic mass is 16.2. The molecule has 4 nitrogen and oxygen atoms in total. The number of amides is 1. The van der Waals surface area contributed by atoms with Crippen molar-refractivity contribution < 1.29 is 4.79 Å². The summed E-state index contributed by atoms with van der Waals surface area (Å²) in [4.78, 5) is 17.8. The van der Waals surface area contributed by atoms with Crippen LogP contribution < -0.4 is 5.32 Å². The van der Waals surface area contributed by atoms with Gasteiger partial charge in [0.2, 0.25) is 0 Å². The van der Waals surface area contributed by atoms with Crippen LogP contribution >= 0.6 is 0 Å². The lowest BCUT2D eigenvalue weighted by Gasteiger charge is -2.18. The molecule has 0 bridgehead atoms. The smallest absolute Gasteiger partial charge is 0.255 e. The van der Waals surface area contributed by atoms with Crippen LogP contribution in [0.15, 0.2) is 18.5 Å². The van der Waals surface area contributed by atoms with Crippen molar-refractivity contribution in [3.63, 3.8) is 0 Å². The average Bonchev–Trinajstić information content (AvgIpc) is 2.34. The van der Waals surface area contributed by atoms with Crippen LogP contribution in [0.4, 0.5) is 5.69 Å². The summed E-state index contributed by atoms with van der Waals surface area (Å²) in [5.41, 5.74) is 1.45. The number of carbonyl (C=O) groups is 1. The fraction of sp³-hybridized carbons (Fsp3) is 0.500. The normalized spacial score (nSPS) is 9.94. The zero-order valence-electron chi connectivity index (χ0n) is 10.2. The molecule has 0 unspecified atom stereocenters. The molecular formula is C12H19N3O. The van der Waals surface area contributed by atoms with Gasteiger partial charge >= 0.3 is 0 Å². The fourth-order valence-corrected chi connectivity index (χ4v) is 1.48. The second-order valence-corrected chi connectivity index (χ2v) is 3.75. The van der Waals surface area contributed by atoms with E-state index < -0.39 is 0 Å². The number of nitrogens with zero attached hydrogens (tertiary/aromatic N) is 2. The van der Waals surface area contributed by atoms with Gasteiger partial charge in [-0.05, 0) is 12.5 Å². The zero-order chi connectivity index (χ0) is 12.0. The summed E-state index contributed by atoms with van der Waals surface area (Å²) in [6.45, 7) is 2.91. The van der Waals surface area contributed by atoms with Gasteiger partial charge in [0.25, 0.3) is 5.91 Å². The van der Waals surface area contributed by atoms with Crippen LogP contribution in [-0.4, -0.2) is 36.4 Å². The minimum absolute atomic E-state index is 0.0419. The van der Waals surface area contributed by atoms with Gasteiger partial charge < -0.3 is 10.2 Å². The predicted octanol–water partition coefficient (Wildman–Crippen LogP) is 2.00. The van der Waals surface area contributed by atoms with Gasteiger partial charge in [0.15, 0.2) is 0 Å². The van der Waals surface area contributed by atoms with Crippen molar-refractivity contribution in [2.75, 3.05) is 26.0 Å². The zero-order valence-corrected chi connectivity index (χ0v) is 10.2. The van der Waals surface area contributed by atoms with Crippen molar-refractivity contribution >= 4 is 11.6 Å². The molecule has 1 heterocycles. The van der Waals surface area contributed by atoms with E-state index in [-0.39, 0.29) is 5.91 Å². The van der Waals surface area contributed by atoms with Crippen LogP contribution in [0.3, 0.4) is 0 Å². The third-order valence-electron chi connectivity index (χ3n) is 2.51. The molecule has 88 valence electrons. The van der Waals surface area contributed by atoms with Gasteiger partial charge in [0.05, 0.1) is 17.4 Å². The lowest BCUT2D eigenvalue weighted by molar-refractivity contribution is 0.0794. The van der Waals surface area contributed by atoms with Gasteiger partial charge in [0, 0.05) is 26.8 Å². The molecule has 0 atom stereocenters. The maximum atomic E-state index is 12.1. The molecule has 0 aromatic carbocycles. The quantitative estimate of drug-likeness (QED) is 0.827. The van der Waals surface area contributed by atoms with Crippen LogP contribution in [0.5, 0.6) is 0 Å². The average molecular weight is 221 g/mol. The summed E-state index contributed by atoms with van der Waals surface area (Å²) >= 11 is 0. The summed E-state index contributed by atoms with van der Waals surface area (Å²) in [7, 11) is 3.62. The summed E-state index contributed by atoms with van der Waals surface area (Å²) < 4.78 is 0.